The fourth-order valence-corrected chi connectivity index (χ4v) is 2.57. The molecule has 0 aromatic heterocycles. The first-order valence-electron chi connectivity index (χ1n) is 8.03. The monoisotopic (exact) mass is 378 g/mol. The number of halogens is 1. The van der Waals surface area contributed by atoms with E-state index >= 15 is 0 Å². The Kier molecular flexibility index (Phi) is 6.91. The normalized spacial score (nSPS) is 10.5. The summed E-state index contributed by atoms with van der Waals surface area (Å²) in [5.74, 6) is 1.44. The van der Waals surface area contributed by atoms with Gasteiger partial charge in [-0.2, -0.15) is 0 Å². The molecule has 134 valence electrons. The zero-order chi connectivity index (χ0) is 18.4. The highest BCUT2D eigenvalue weighted by Crippen LogP contribution is 2.29. The molecule has 0 spiro atoms. The van der Waals surface area contributed by atoms with Crippen LogP contribution < -0.4 is 20.1 Å². The molecule has 0 radical (unpaired) electrons. The number of thiocarbonyl (C=S) groups is 1. The van der Waals surface area contributed by atoms with Crippen molar-refractivity contribution in [1.29, 1.82) is 0 Å². The van der Waals surface area contributed by atoms with Crippen LogP contribution in [0.25, 0.3) is 0 Å². The minimum atomic E-state index is 0.0935. The Morgan fingerprint density at radius 3 is 2.56 bits per heavy atom. The number of nitrogens with one attached hydrogen (secondary N) is 2. The lowest BCUT2D eigenvalue weighted by Crippen LogP contribution is -2.27. The van der Waals surface area contributed by atoms with Gasteiger partial charge in [-0.05, 0) is 68.4 Å². The molecule has 0 atom stereocenters. The Morgan fingerprint density at radius 2 is 1.92 bits per heavy atom. The lowest BCUT2D eigenvalue weighted by atomic mass is 10.2. The van der Waals surface area contributed by atoms with E-state index in [4.69, 9.17) is 33.3 Å². The van der Waals surface area contributed by atoms with E-state index < -0.39 is 0 Å². The lowest BCUT2D eigenvalue weighted by molar-refractivity contribution is 0.230. The highest BCUT2D eigenvalue weighted by Gasteiger charge is 2.08. The van der Waals surface area contributed by atoms with Crippen molar-refractivity contribution in [3.63, 3.8) is 0 Å². The average Bonchev–Trinajstić information content (AvgIpc) is 2.57. The van der Waals surface area contributed by atoms with Crippen molar-refractivity contribution in [3.05, 3.63) is 52.5 Å². The predicted molar refractivity (Wildman–Crippen MR) is 108 cm³/mol. The number of ether oxygens (including phenoxy) is 2. The quantitative estimate of drug-likeness (QED) is 0.697. The summed E-state index contributed by atoms with van der Waals surface area (Å²) in [7, 11) is 1.63. The first-order chi connectivity index (χ1) is 11.9. The van der Waals surface area contributed by atoms with Crippen molar-refractivity contribution in [2.45, 2.75) is 33.4 Å². The Bertz CT molecular complexity index is 750. The van der Waals surface area contributed by atoms with Crippen LogP contribution in [0.15, 0.2) is 36.4 Å². The smallest absolute Gasteiger partial charge is 0.171 e. The van der Waals surface area contributed by atoms with Gasteiger partial charge in [-0.15, -0.1) is 0 Å². The van der Waals surface area contributed by atoms with E-state index in [1.165, 1.54) is 0 Å². The second-order valence-corrected chi connectivity index (χ2v) is 6.74. The molecule has 0 aliphatic rings. The second kappa shape index (κ2) is 8.92. The van der Waals surface area contributed by atoms with Crippen LogP contribution in [0.4, 0.5) is 5.69 Å². The molecule has 0 unspecified atom stereocenters. The van der Waals surface area contributed by atoms with Gasteiger partial charge >= 0.3 is 0 Å². The summed E-state index contributed by atoms with van der Waals surface area (Å²) in [6.45, 7) is 6.50. The summed E-state index contributed by atoms with van der Waals surface area (Å²) in [6, 6.07) is 11.6. The summed E-state index contributed by atoms with van der Waals surface area (Å²) >= 11 is 11.5. The van der Waals surface area contributed by atoms with E-state index in [9.17, 15) is 0 Å². The molecule has 0 fully saturated rings. The molecular weight excluding hydrogens is 356 g/mol. The number of aryl methyl sites for hydroxylation is 1. The molecule has 2 aromatic carbocycles. The second-order valence-electron chi connectivity index (χ2n) is 5.92. The highest BCUT2D eigenvalue weighted by atomic mass is 35.5. The van der Waals surface area contributed by atoms with Crippen LogP contribution in [0.2, 0.25) is 5.02 Å². The van der Waals surface area contributed by atoms with Gasteiger partial charge in [-0.1, -0.05) is 23.7 Å². The van der Waals surface area contributed by atoms with Crippen LogP contribution >= 0.6 is 23.8 Å². The van der Waals surface area contributed by atoms with Crippen molar-refractivity contribution in [2.75, 3.05) is 12.4 Å². The van der Waals surface area contributed by atoms with Gasteiger partial charge in [-0.25, -0.2) is 0 Å². The zero-order valence-corrected chi connectivity index (χ0v) is 16.4. The van der Waals surface area contributed by atoms with Crippen molar-refractivity contribution >= 4 is 34.6 Å². The number of methoxy groups -OCH3 is 1. The van der Waals surface area contributed by atoms with E-state index in [-0.39, 0.29) is 6.10 Å². The first kappa shape index (κ1) is 19.3. The third-order valence-corrected chi connectivity index (χ3v) is 4.13. The SMILES string of the molecule is COc1cc(CNC(=S)Nc2ccc(C)c(Cl)c2)ccc1OC(C)C. The Balaban J connectivity index is 1.95. The Morgan fingerprint density at radius 1 is 1.16 bits per heavy atom. The summed E-state index contributed by atoms with van der Waals surface area (Å²) < 4.78 is 11.1. The maximum atomic E-state index is 6.12. The molecular formula is C19H23ClN2O2S. The topological polar surface area (TPSA) is 42.5 Å². The van der Waals surface area contributed by atoms with E-state index in [2.05, 4.69) is 10.6 Å². The average molecular weight is 379 g/mol. The number of benzene rings is 2. The van der Waals surface area contributed by atoms with E-state index in [0.29, 0.717) is 22.4 Å². The Labute approximate surface area is 159 Å². The lowest BCUT2D eigenvalue weighted by Gasteiger charge is -2.15. The van der Waals surface area contributed by atoms with Crippen LogP contribution in [0, 0.1) is 6.92 Å². The molecule has 6 heteroatoms. The maximum absolute atomic E-state index is 6.12. The molecule has 4 nitrogen and oxygen atoms in total. The van der Waals surface area contributed by atoms with Gasteiger partial charge in [0.25, 0.3) is 0 Å². The van der Waals surface area contributed by atoms with Crippen molar-refractivity contribution < 1.29 is 9.47 Å². The minimum Gasteiger partial charge on any atom is -0.493 e. The van der Waals surface area contributed by atoms with Gasteiger partial charge in [-0.3, -0.25) is 0 Å². The van der Waals surface area contributed by atoms with E-state index in [1.807, 2.05) is 57.2 Å². The van der Waals surface area contributed by atoms with E-state index in [1.54, 1.807) is 7.11 Å². The molecule has 0 aliphatic carbocycles. The molecule has 0 heterocycles. The molecule has 0 bridgehead atoms. The maximum Gasteiger partial charge on any atom is 0.171 e. The van der Waals surface area contributed by atoms with Gasteiger partial charge in [0.1, 0.15) is 0 Å². The summed E-state index contributed by atoms with van der Waals surface area (Å²) in [5.41, 5.74) is 2.92. The van der Waals surface area contributed by atoms with Crippen LogP contribution in [0.1, 0.15) is 25.0 Å². The van der Waals surface area contributed by atoms with Crippen molar-refractivity contribution in [2.24, 2.45) is 0 Å². The van der Waals surface area contributed by atoms with Crippen LogP contribution in [-0.4, -0.2) is 18.3 Å². The van der Waals surface area contributed by atoms with Gasteiger partial charge < -0.3 is 20.1 Å². The van der Waals surface area contributed by atoms with Gasteiger partial charge in [0.2, 0.25) is 0 Å². The van der Waals surface area contributed by atoms with E-state index in [0.717, 1.165) is 22.6 Å². The zero-order valence-electron chi connectivity index (χ0n) is 14.9. The van der Waals surface area contributed by atoms with Crippen molar-refractivity contribution in [1.82, 2.24) is 5.32 Å². The minimum absolute atomic E-state index is 0.0935. The van der Waals surface area contributed by atoms with Crippen LogP contribution in [0.5, 0.6) is 11.5 Å². The van der Waals surface area contributed by atoms with Gasteiger partial charge in [0.05, 0.1) is 13.2 Å². The summed E-state index contributed by atoms with van der Waals surface area (Å²) in [4.78, 5) is 0. The largest absolute Gasteiger partial charge is 0.493 e. The predicted octanol–water partition coefficient (Wildman–Crippen LogP) is 4.93. The molecule has 0 saturated heterocycles. The first-order valence-corrected chi connectivity index (χ1v) is 8.82. The summed E-state index contributed by atoms with van der Waals surface area (Å²) in [6.07, 6.45) is 0.0935. The number of hydrogen-bond donors (Lipinski definition) is 2. The number of anilines is 1. The third kappa shape index (κ3) is 5.80. The number of rotatable bonds is 6. The fourth-order valence-electron chi connectivity index (χ4n) is 2.20. The van der Waals surface area contributed by atoms with Crippen molar-refractivity contribution in [3.8, 4) is 11.5 Å². The molecule has 2 rings (SSSR count). The fraction of sp³-hybridized carbons (Fsp3) is 0.316. The molecule has 2 N–H and O–H groups in total. The standard InChI is InChI=1S/C19H23ClN2O2S/c1-12(2)24-17-8-6-14(9-18(17)23-4)11-21-19(25)22-15-7-5-13(3)16(20)10-15/h5-10,12H,11H2,1-4H3,(H2,21,22,25). The molecule has 2 aromatic rings. The van der Waals surface area contributed by atoms with Gasteiger partial charge in [0, 0.05) is 17.3 Å². The Hall–Kier alpha value is -1.98. The van der Waals surface area contributed by atoms with Crippen LogP contribution in [0.3, 0.4) is 0 Å². The molecule has 25 heavy (non-hydrogen) atoms. The highest BCUT2D eigenvalue weighted by molar-refractivity contribution is 7.80. The molecule has 0 saturated carbocycles. The molecule has 0 aliphatic heterocycles. The third-order valence-electron chi connectivity index (χ3n) is 3.47. The summed E-state index contributed by atoms with van der Waals surface area (Å²) in [5, 5.41) is 7.54. The van der Waals surface area contributed by atoms with Crippen LogP contribution in [-0.2, 0) is 6.54 Å². The number of hydrogen-bond acceptors (Lipinski definition) is 3. The van der Waals surface area contributed by atoms with Gasteiger partial charge in [0.15, 0.2) is 16.6 Å². The molecule has 0 amide bonds.